The van der Waals surface area contributed by atoms with Gasteiger partial charge < -0.3 is 5.11 Å². The molecule has 2 unspecified atom stereocenters. The molecule has 1 aromatic carbocycles. The van der Waals surface area contributed by atoms with Crippen LogP contribution >= 0.6 is 11.6 Å². The monoisotopic (exact) mass is 395 g/mol. The molecule has 1 aliphatic heterocycles. The van der Waals surface area contributed by atoms with E-state index in [1.807, 2.05) is 0 Å². The second kappa shape index (κ2) is 8.50. The van der Waals surface area contributed by atoms with Crippen LogP contribution in [0, 0.1) is 11.7 Å². The van der Waals surface area contributed by atoms with E-state index >= 15 is 0 Å². The molecule has 146 valence electrons. The molecule has 1 N–H and O–H groups in total. The van der Waals surface area contributed by atoms with Crippen LogP contribution in [-0.2, 0) is 14.6 Å². The van der Waals surface area contributed by atoms with Gasteiger partial charge in [-0.1, -0.05) is 30.5 Å². The number of benzene rings is 1. The lowest BCUT2D eigenvalue weighted by Gasteiger charge is -2.32. The molecule has 27 heavy (non-hydrogen) atoms. The predicted octanol–water partition coefficient (Wildman–Crippen LogP) is 4.90. The van der Waals surface area contributed by atoms with Crippen molar-refractivity contribution in [2.75, 3.05) is 6.61 Å². The van der Waals surface area contributed by atoms with Gasteiger partial charge in [-0.05, 0) is 38.8 Å². The minimum atomic E-state index is -1.14. The number of halogens is 2. The van der Waals surface area contributed by atoms with E-state index in [9.17, 15) is 14.3 Å². The smallest absolute Gasteiger partial charge is 0.334 e. The molecule has 2 aliphatic rings. The van der Waals surface area contributed by atoms with Gasteiger partial charge in [-0.25, -0.2) is 19.0 Å². The van der Waals surface area contributed by atoms with Crippen molar-refractivity contribution < 1.29 is 24.1 Å². The normalized spacial score (nSPS) is 23.6. The molecule has 0 bridgehead atoms. The van der Waals surface area contributed by atoms with Gasteiger partial charge in [-0.3, -0.25) is 4.99 Å². The third kappa shape index (κ3) is 4.23. The fourth-order valence-corrected chi connectivity index (χ4v) is 4.21. The number of aliphatic carboxylic acids is 1. The van der Waals surface area contributed by atoms with Crippen molar-refractivity contribution in [2.45, 2.75) is 51.6 Å². The van der Waals surface area contributed by atoms with Crippen LogP contribution in [0.4, 0.5) is 4.39 Å². The number of carboxylic acids is 1. The maximum Gasteiger partial charge on any atom is 0.334 e. The first-order chi connectivity index (χ1) is 12.9. The summed E-state index contributed by atoms with van der Waals surface area (Å²) in [5, 5.41) is 9.94. The molecule has 1 saturated carbocycles. The van der Waals surface area contributed by atoms with Crippen LogP contribution in [0.5, 0.6) is 0 Å². The summed E-state index contributed by atoms with van der Waals surface area (Å²) in [6.07, 6.45) is 4.16. The van der Waals surface area contributed by atoms with Gasteiger partial charge in [0, 0.05) is 33.8 Å². The summed E-state index contributed by atoms with van der Waals surface area (Å²) >= 11 is 6.26. The Morgan fingerprint density at radius 1 is 1.33 bits per heavy atom. The zero-order valence-corrected chi connectivity index (χ0v) is 16.1. The SMILES string of the molecule is CC1=NC(C)=C(C(=O)O)C(c2c(F)cccc2Cl)C1COOC1CCCC1. The highest BCUT2D eigenvalue weighted by molar-refractivity contribution is 6.31. The van der Waals surface area contributed by atoms with Crippen molar-refractivity contribution in [3.8, 4) is 0 Å². The van der Waals surface area contributed by atoms with Crippen LogP contribution in [0.1, 0.15) is 51.0 Å². The van der Waals surface area contributed by atoms with Crippen LogP contribution < -0.4 is 0 Å². The molecule has 5 nitrogen and oxygen atoms in total. The average molecular weight is 396 g/mol. The second-order valence-electron chi connectivity index (χ2n) is 7.06. The van der Waals surface area contributed by atoms with E-state index in [1.54, 1.807) is 19.9 Å². The van der Waals surface area contributed by atoms with Gasteiger partial charge in [-0.15, -0.1) is 0 Å². The van der Waals surface area contributed by atoms with E-state index in [1.165, 1.54) is 12.1 Å². The van der Waals surface area contributed by atoms with Crippen LogP contribution in [0.25, 0.3) is 0 Å². The number of carboxylic acid groups (broad SMARTS) is 1. The quantitative estimate of drug-likeness (QED) is 0.549. The fourth-order valence-electron chi connectivity index (χ4n) is 3.93. The van der Waals surface area contributed by atoms with E-state index in [2.05, 4.69) is 4.99 Å². The van der Waals surface area contributed by atoms with E-state index in [0.717, 1.165) is 25.7 Å². The average Bonchev–Trinajstić information content (AvgIpc) is 3.10. The van der Waals surface area contributed by atoms with Gasteiger partial charge in [0.1, 0.15) is 5.82 Å². The van der Waals surface area contributed by atoms with E-state index in [-0.39, 0.29) is 28.9 Å². The standard InChI is InChI=1S/C20H23ClFNO4/c1-11-14(10-26-27-13-6-3-4-7-13)18(17(20(24)25)12(2)23-11)19-15(21)8-5-9-16(19)22/h5,8-9,13-14,18H,3-4,6-7,10H2,1-2H3,(H,24,25). The number of allylic oxidation sites excluding steroid dienone is 1. The summed E-state index contributed by atoms with van der Waals surface area (Å²) in [6, 6.07) is 4.34. The summed E-state index contributed by atoms with van der Waals surface area (Å²) in [6.45, 7) is 3.47. The van der Waals surface area contributed by atoms with Crippen LogP contribution in [0.2, 0.25) is 5.02 Å². The Bertz CT molecular complexity index is 766. The van der Waals surface area contributed by atoms with Gasteiger partial charge in [-0.2, -0.15) is 0 Å². The van der Waals surface area contributed by atoms with Crippen LogP contribution in [0.3, 0.4) is 0 Å². The van der Waals surface area contributed by atoms with Gasteiger partial charge in [0.25, 0.3) is 0 Å². The Labute approximate surface area is 162 Å². The summed E-state index contributed by atoms with van der Waals surface area (Å²) in [4.78, 5) is 27.2. The molecular weight excluding hydrogens is 373 g/mol. The lowest BCUT2D eigenvalue weighted by molar-refractivity contribution is -0.326. The number of aliphatic imine (C=N–C) groups is 1. The number of carbonyl (C=O) groups is 1. The number of hydrogen-bond acceptors (Lipinski definition) is 4. The molecule has 0 spiro atoms. The van der Waals surface area contributed by atoms with Crippen LogP contribution in [-0.4, -0.2) is 29.5 Å². The molecule has 0 aromatic heterocycles. The van der Waals surface area contributed by atoms with Crippen molar-refractivity contribution in [1.82, 2.24) is 0 Å². The molecule has 1 fully saturated rings. The highest BCUT2D eigenvalue weighted by Crippen LogP contribution is 2.43. The molecule has 1 aromatic rings. The maximum atomic E-state index is 14.7. The topological polar surface area (TPSA) is 68.1 Å². The third-order valence-electron chi connectivity index (χ3n) is 5.28. The molecule has 2 atom stereocenters. The Morgan fingerprint density at radius 3 is 2.67 bits per heavy atom. The van der Waals surface area contributed by atoms with E-state index < -0.39 is 23.6 Å². The van der Waals surface area contributed by atoms with Gasteiger partial charge in [0.05, 0.1) is 18.3 Å². The molecule has 7 heteroatoms. The highest BCUT2D eigenvalue weighted by Gasteiger charge is 2.39. The first-order valence-electron chi connectivity index (χ1n) is 9.11. The number of nitrogens with zero attached hydrogens (tertiary/aromatic N) is 1. The Balaban J connectivity index is 1.93. The molecule has 0 radical (unpaired) electrons. The second-order valence-corrected chi connectivity index (χ2v) is 7.47. The highest BCUT2D eigenvalue weighted by atomic mass is 35.5. The van der Waals surface area contributed by atoms with E-state index in [0.29, 0.717) is 11.4 Å². The van der Waals surface area contributed by atoms with Crippen molar-refractivity contribution in [2.24, 2.45) is 10.9 Å². The Morgan fingerprint density at radius 2 is 2.04 bits per heavy atom. The summed E-state index contributed by atoms with van der Waals surface area (Å²) < 4.78 is 14.7. The van der Waals surface area contributed by atoms with Gasteiger partial charge in [0.15, 0.2) is 0 Å². The third-order valence-corrected chi connectivity index (χ3v) is 5.61. The summed E-state index contributed by atoms with van der Waals surface area (Å²) in [5.74, 6) is -2.98. The first kappa shape index (κ1) is 20.0. The predicted molar refractivity (Wildman–Crippen MR) is 100 cm³/mol. The van der Waals surface area contributed by atoms with Crippen molar-refractivity contribution >= 4 is 23.3 Å². The van der Waals surface area contributed by atoms with E-state index in [4.69, 9.17) is 21.4 Å². The lowest BCUT2D eigenvalue weighted by atomic mass is 9.76. The largest absolute Gasteiger partial charge is 0.478 e. The lowest BCUT2D eigenvalue weighted by Crippen LogP contribution is -2.33. The van der Waals surface area contributed by atoms with Gasteiger partial charge >= 0.3 is 5.97 Å². The number of hydrogen-bond donors (Lipinski definition) is 1. The Kier molecular flexibility index (Phi) is 6.29. The zero-order valence-electron chi connectivity index (χ0n) is 15.4. The number of rotatable bonds is 6. The molecule has 1 heterocycles. The van der Waals surface area contributed by atoms with Crippen molar-refractivity contribution in [3.05, 3.63) is 45.9 Å². The van der Waals surface area contributed by atoms with Crippen molar-refractivity contribution in [1.29, 1.82) is 0 Å². The minimum absolute atomic E-state index is 0.0297. The molecular formula is C20H23ClFNO4. The fraction of sp³-hybridized carbons (Fsp3) is 0.500. The minimum Gasteiger partial charge on any atom is -0.478 e. The summed E-state index contributed by atoms with van der Waals surface area (Å²) in [7, 11) is 0. The first-order valence-corrected chi connectivity index (χ1v) is 9.49. The van der Waals surface area contributed by atoms with Gasteiger partial charge in [0.2, 0.25) is 0 Å². The molecule has 1 aliphatic carbocycles. The molecule has 0 saturated heterocycles. The molecule has 0 amide bonds. The Hall–Kier alpha value is -1.76. The zero-order chi connectivity index (χ0) is 19.6. The maximum absolute atomic E-state index is 14.7. The molecule has 3 rings (SSSR count). The van der Waals surface area contributed by atoms with Crippen LogP contribution in [0.15, 0.2) is 34.5 Å². The van der Waals surface area contributed by atoms with Crippen molar-refractivity contribution in [3.63, 3.8) is 0 Å². The summed E-state index contributed by atoms with van der Waals surface area (Å²) in [5.41, 5.74) is 1.19.